The standard InChI is InChI=1S/C16H25NO/c1-2-3-4-5-6-7-11-17-12-10-15(13-17)16(18)14-8-9-14/h10,12-14H,2-9,11H2,1H3. The van der Waals surface area contributed by atoms with Crippen LogP contribution in [0.1, 0.15) is 68.6 Å². The number of aromatic nitrogens is 1. The van der Waals surface area contributed by atoms with Crippen molar-refractivity contribution in [2.45, 2.75) is 64.8 Å². The Labute approximate surface area is 110 Å². The van der Waals surface area contributed by atoms with E-state index in [1.807, 2.05) is 12.3 Å². The first kappa shape index (κ1) is 13.4. The van der Waals surface area contributed by atoms with E-state index in [2.05, 4.69) is 17.7 Å². The maximum absolute atomic E-state index is 11.9. The number of ketones is 1. The number of nitrogens with zero attached hydrogens (tertiary/aromatic N) is 1. The molecular formula is C16H25NO. The zero-order valence-electron chi connectivity index (χ0n) is 11.5. The quantitative estimate of drug-likeness (QED) is 0.467. The molecule has 1 aromatic heterocycles. The zero-order valence-corrected chi connectivity index (χ0v) is 11.5. The van der Waals surface area contributed by atoms with Crippen LogP contribution in [0.15, 0.2) is 18.5 Å². The number of aryl methyl sites for hydroxylation is 1. The highest BCUT2D eigenvalue weighted by atomic mass is 16.1. The van der Waals surface area contributed by atoms with E-state index >= 15 is 0 Å². The number of Topliss-reactive ketones (excluding diaryl/α,β-unsaturated/α-hetero) is 1. The summed E-state index contributed by atoms with van der Waals surface area (Å²) in [5.74, 6) is 0.701. The lowest BCUT2D eigenvalue weighted by Crippen LogP contribution is -2.00. The molecule has 1 aromatic rings. The van der Waals surface area contributed by atoms with Crippen molar-refractivity contribution in [1.82, 2.24) is 4.57 Å². The Morgan fingerprint density at radius 2 is 1.94 bits per heavy atom. The van der Waals surface area contributed by atoms with E-state index in [1.165, 1.54) is 38.5 Å². The van der Waals surface area contributed by atoms with Gasteiger partial charge in [-0.15, -0.1) is 0 Å². The van der Waals surface area contributed by atoms with Crippen LogP contribution >= 0.6 is 0 Å². The molecule has 1 aliphatic rings. The van der Waals surface area contributed by atoms with Gasteiger partial charge in [-0.25, -0.2) is 0 Å². The summed E-state index contributed by atoms with van der Waals surface area (Å²) >= 11 is 0. The molecule has 2 rings (SSSR count). The summed E-state index contributed by atoms with van der Waals surface area (Å²) in [5, 5.41) is 0. The Morgan fingerprint density at radius 3 is 2.67 bits per heavy atom. The molecular weight excluding hydrogens is 222 g/mol. The molecule has 0 atom stereocenters. The van der Waals surface area contributed by atoms with Gasteiger partial charge in [-0.3, -0.25) is 4.79 Å². The van der Waals surface area contributed by atoms with Crippen LogP contribution in [0.4, 0.5) is 0 Å². The van der Waals surface area contributed by atoms with Crippen molar-refractivity contribution in [3.8, 4) is 0 Å². The van der Waals surface area contributed by atoms with Crippen LogP contribution in [0.25, 0.3) is 0 Å². The van der Waals surface area contributed by atoms with Crippen LogP contribution in [-0.4, -0.2) is 10.4 Å². The summed E-state index contributed by atoms with van der Waals surface area (Å²) in [7, 11) is 0. The third kappa shape index (κ3) is 4.01. The van der Waals surface area contributed by atoms with Gasteiger partial charge in [-0.2, -0.15) is 0 Å². The van der Waals surface area contributed by atoms with Crippen molar-refractivity contribution in [1.29, 1.82) is 0 Å². The molecule has 0 aliphatic heterocycles. The predicted molar refractivity (Wildman–Crippen MR) is 74.9 cm³/mol. The van der Waals surface area contributed by atoms with Gasteiger partial charge in [0.15, 0.2) is 5.78 Å². The number of carbonyl (C=O) groups excluding carboxylic acids is 1. The van der Waals surface area contributed by atoms with Gasteiger partial charge in [0.1, 0.15) is 0 Å². The van der Waals surface area contributed by atoms with Crippen molar-refractivity contribution < 1.29 is 4.79 Å². The average Bonchev–Trinajstić information content (AvgIpc) is 3.12. The minimum atomic E-state index is 0.342. The molecule has 1 saturated carbocycles. The van der Waals surface area contributed by atoms with Gasteiger partial charge in [0.05, 0.1) is 0 Å². The lowest BCUT2D eigenvalue weighted by Gasteiger charge is -2.02. The number of hydrogen-bond acceptors (Lipinski definition) is 1. The van der Waals surface area contributed by atoms with E-state index < -0.39 is 0 Å². The molecule has 2 nitrogen and oxygen atoms in total. The van der Waals surface area contributed by atoms with Crippen LogP contribution in [0.2, 0.25) is 0 Å². The summed E-state index contributed by atoms with van der Waals surface area (Å²) in [6.07, 6.45) is 14.2. The highest BCUT2D eigenvalue weighted by Crippen LogP contribution is 2.32. The second-order valence-electron chi connectivity index (χ2n) is 5.54. The molecule has 0 spiro atoms. The van der Waals surface area contributed by atoms with Crippen molar-refractivity contribution >= 4 is 5.78 Å². The molecule has 18 heavy (non-hydrogen) atoms. The second-order valence-corrected chi connectivity index (χ2v) is 5.54. The van der Waals surface area contributed by atoms with Crippen LogP contribution < -0.4 is 0 Å². The van der Waals surface area contributed by atoms with Crippen molar-refractivity contribution in [2.24, 2.45) is 5.92 Å². The third-order valence-corrected chi connectivity index (χ3v) is 3.75. The highest BCUT2D eigenvalue weighted by molar-refractivity contribution is 5.99. The smallest absolute Gasteiger partial charge is 0.167 e. The van der Waals surface area contributed by atoms with E-state index in [9.17, 15) is 4.79 Å². The summed E-state index contributed by atoms with van der Waals surface area (Å²) in [6.45, 7) is 3.31. The van der Waals surface area contributed by atoms with Crippen LogP contribution in [0.5, 0.6) is 0 Å². The Bertz CT molecular complexity index is 376. The molecule has 1 heterocycles. The van der Waals surface area contributed by atoms with Crippen molar-refractivity contribution in [2.75, 3.05) is 0 Å². The Kier molecular flexibility index (Phi) is 5.03. The first-order chi connectivity index (χ1) is 8.81. The molecule has 0 radical (unpaired) electrons. The highest BCUT2D eigenvalue weighted by Gasteiger charge is 2.30. The zero-order chi connectivity index (χ0) is 12.8. The molecule has 1 fully saturated rings. The topological polar surface area (TPSA) is 22.0 Å². The van der Waals surface area contributed by atoms with Gasteiger partial charge in [0.2, 0.25) is 0 Å². The molecule has 0 N–H and O–H groups in total. The minimum Gasteiger partial charge on any atom is -0.354 e. The van der Waals surface area contributed by atoms with E-state index in [0.29, 0.717) is 11.7 Å². The Morgan fingerprint density at radius 1 is 1.22 bits per heavy atom. The third-order valence-electron chi connectivity index (χ3n) is 3.75. The number of carbonyl (C=O) groups is 1. The molecule has 2 heteroatoms. The van der Waals surface area contributed by atoms with Gasteiger partial charge in [-0.05, 0) is 25.3 Å². The maximum atomic E-state index is 11.9. The number of rotatable bonds is 9. The van der Waals surface area contributed by atoms with Gasteiger partial charge in [0, 0.05) is 30.4 Å². The lowest BCUT2D eigenvalue weighted by molar-refractivity contribution is 0.0967. The fourth-order valence-corrected chi connectivity index (χ4v) is 2.38. The maximum Gasteiger partial charge on any atom is 0.167 e. The molecule has 0 aromatic carbocycles. The SMILES string of the molecule is CCCCCCCCn1ccc(C(=O)C2CC2)c1. The summed E-state index contributed by atoms with van der Waals surface area (Å²) in [6, 6.07) is 1.98. The first-order valence-corrected chi connectivity index (χ1v) is 7.51. The number of unbranched alkanes of at least 4 members (excludes halogenated alkanes) is 5. The van der Waals surface area contributed by atoms with E-state index in [0.717, 1.165) is 24.9 Å². The first-order valence-electron chi connectivity index (χ1n) is 7.51. The van der Waals surface area contributed by atoms with Gasteiger partial charge in [0.25, 0.3) is 0 Å². The monoisotopic (exact) mass is 247 g/mol. The lowest BCUT2D eigenvalue weighted by atomic mass is 10.1. The van der Waals surface area contributed by atoms with E-state index in [1.54, 1.807) is 0 Å². The normalized spacial score (nSPS) is 14.9. The predicted octanol–water partition coefficient (Wildman–Crippen LogP) is 4.44. The second kappa shape index (κ2) is 6.77. The van der Waals surface area contributed by atoms with Crippen LogP contribution in [-0.2, 0) is 6.54 Å². The van der Waals surface area contributed by atoms with Crippen LogP contribution in [0, 0.1) is 5.92 Å². The molecule has 0 unspecified atom stereocenters. The average molecular weight is 247 g/mol. The van der Waals surface area contributed by atoms with Gasteiger partial charge >= 0.3 is 0 Å². The largest absolute Gasteiger partial charge is 0.354 e. The van der Waals surface area contributed by atoms with Crippen molar-refractivity contribution in [3.05, 3.63) is 24.0 Å². The summed E-state index contributed by atoms with van der Waals surface area (Å²) < 4.78 is 2.18. The van der Waals surface area contributed by atoms with Gasteiger partial charge < -0.3 is 4.57 Å². The molecule has 0 saturated heterocycles. The number of hydrogen-bond donors (Lipinski definition) is 0. The fraction of sp³-hybridized carbons (Fsp3) is 0.688. The molecule has 0 amide bonds. The minimum absolute atomic E-state index is 0.342. The summed E-state index contributed by atoms with van der Waals surface area (Å²) in [4.78, 5) is 11.9. The molecule has 1 aliphatic carbocycles. The fourth-order valence-electron chi connectivity index (χ4n) is 2.38. The Balaban J connectivity index is 1.65. The van der Waals surface area contributed by atoms with Gasteiger partial charge in [-0.1, -0.05) is 39.0 Å². The summed E-state index contributed by atoms with van der Waals surface area (Å²) in [5.41, 5.74) is 0.920. The van der Waals surface area contributed by atoms with Crippen LogP contribution in [0.3, 0.4) is 0 Å². The van der Waals surface area contributed by atoms with E-state index in [4.69, 9.17) is 0 Å². The molecule has 100 valence electrons. The van der Waals surface area contributed by atoms with Crippen molar-refractivity contribution in [3.63, 3.8) is 0 Å². The van der Waals surface area contributed by atoms with E-state index in [-0.39, 0.29) is 0 Å². The molecule has 0 bridgehead atoms. The Hall–Kier alpha value is -1.05.